The summed E-state index contributed by atoms with van der Waals surface area (Å²) in [5.74, 6) is -0.793. The minimum atomic E-state index is -0.986. The van der Waals surface area contributed by atoms with Crippen molar-refractivity contribution in [3.8, 4) is 0 Å². The van der Waals surface area contributed by atoms with Crippen LogP contribution in [-0.2, 0) is 16.0 Å². The number of nitrogens with one attached hydrogen (secondary N) is 2. The number of aryl methyl sites for hydroxylation is 1. The number of hydrogen-bond donors (Lipinski definition) is 2. The van der Waals surface area contributed by atoms with Crippen LogP contribution in [0.25, 0.3) is 0 Å². The van der Waals surface area contributed by atoms with E-state index in [1.807, 2.05) is 29.8 Å². The highest BCUT2D eigenvalue weighted by Crippen LogP contribution is 2.24. The molecular formula is C17H20N4O3S2. The average molecular weight is 393 g/mol. The van der Waals surface area contributed by atoms with Crippen LogP contribution in [0.15, 0.2) is 22.9 Å². The monoisotopic (exact) mass is 392 g/mol. The molecule has 9 heteroatoms. The van der Waals surface area contributed by atoms with Crippen molar-refractivity contribution >= 4 is 40.5 Å². The molecule has 7 nitrogen and oxygen atoms in total. The number of rotatable bonds is 6. The highest BCUT2D eigenvalue weighted by atomic mass is 32.1. The number of carbonyl (C=O) groups excluding carboxylic acids is 3. The molecular weight excluding hydrogens is 372 g/mol. The van der Waals surface area contributed by atoms with E-state index in [2.05, 4.69) is 15.6 Å². The average Bonchev–Trinajstić information content (AvgIpc) is 3.25. The van der Waals surface area contributed by atoms with Crippen molar-refractivity contribution in [1.29, 1.82) is 0 Å². The number of carbonyl (C=O) groups is 3. The highest BCUT2D eigenvalue weighted by molar-refractivity contribution is 7.10. The summed E-state index contributed by atoms with van der Waals surface area (Å²) in [6, 6.07) is 3.12. The molecule has 2 N–H and O–H groups in total. The predicted molar refractivity (Wildman–Crippen MR) is 100 cm³/mol. The van der Waals surface area contributed by atoms with Gasteiger partial charge in [0.15, 0.2) is 0 Å². The molecule has 1 fully saturated rings. The third-order valence-corrected chi connectivity index (χ3v) is 5.98. The molecule has 0 saturated carbocycles. The van der Waals surface area contributed by atoms with Gasteiger partial charge in [-0.25, -0.2) is 9.78 Å². The van der Waals surface area contributed by atoms with Gasteiger partial charge in [-0.1, -0.05) is 6.07 Å². The van der Waals surface area contributed by atoms with Gasteiger partial charge in [0.1, 0.15) is 17.1 Å². The smallest absolute Gasteiger partial charge is 0.325 e. The lowest BCUT2D eigenvalue weighted by molar-refractivity contribution is -0.134. The van der Waals surface area contributed by atoms with Crippen LogP contribution >= 0.6 is 22.7 Å². The Morgan fingerprint density at radius 3 is 2.69 bits per heavy atom. The minimum absolute atomic E-state index is 0.298. The van der Waals surface area contributed by atoms with Crippen molar-refractivity contribution in [3.63, 3.8) is 0 Å². The lowest BCUT2D eigenvalue weighted by Gasteiger charge is -2.19. The fourth-order valence-electron chi connectivity index (χ4n) is 2.71. The maximum absolute atomic E-state index is 12.5. The molecule has 2 aromatic heterocycles. The number of imide groups is 1. The first kappa shape index (κ1) is 18.5. The Morgan fingerprint density at radius 1 is 1.38 bits per heavy atom. The summed E-state index contributed by atoms with van der Waals surface area (Å²) in [7, 11) is 0. The van der Waals surface area contributed by atoms with E-state index >= 15 is 0 Å². The number of urea groups is 1. The number of hydrogen-bond acceptors (Lipinski definition) is 6. The summed E-state index contributed by atoms with van der Waals surface area (Å²) in [6.07, 6.45) is 0.613. The molecule has 0 radical (unpaired) electrons. The lowest BCUT2D eigenvalue weighted by Crippen LogP contribution is -2.44. The number of thiazole rings is 1. The lowest BCUT2D eigenvalue weighted by atomic mass is 10.1. The fraction of sp³-hybridized carbons (Fsp3) is 0.412. The molecule has 2 aromatic rings. The molecule has 3 heterocycles. The first-order valence-electron chi connectivity index (χ1n) is 8.14. The van der Waals surface area contributed by atoms with Crippen LogP contribution in [0.1, 0.15) is 35.5 Å². The van der Waals surface area contributed by atoms with Gasteiger partial charge in [-0.2, -0.15) is 0 Å². The number of aromatic nitrogens is 1. The van der Waals surface area contributed by atoms with E-state index in [0.29, 0.717) is 6.42 Å². The zero-order valence-corrected chi connectivity index (χ0v) is 16.4. The fourth-order valence-corrected chi connectivity index (χ4v) is 4.31. The maximum Gasteiger partial charge on any atom is 0.325 e. The molecule has 0 spiro atoms. The zero-order chi connectivity index (χ0) is 18.9. The number of thiophene rings is 1. The van der Waals surface area contributed by atoms with Gasteiger partial charge >= 0.3 is 6.03 Å². The van der Waals surface area contributed by atoms with E-state index < -0.39 is 17.5 Å². The van der Waals surface area contributed by atoms with E-state index in [4.69, 9.17) is 0 Å². The number of nitrogens with zero attached hydrogens (tertiary/aromatic N) is 2. The Labute approximate surface area is 159 Å². The van der Waals surface area contributed by atoms with Gasteiger partial charge in [0, 0.05) is 22.4 Å². The van der Waals surface area contributed by atoms with Crippen molar-refractivity contribution in [2.24, 2.45) is 0 Å². The van der Waals surface area contributed by atoms with Gasteiger partial charge in [-0.05, 0) is 32.2 Å². The molecule has 1 aliphatic heterocycles. The van der Waals surface area contributed by atoms with Gasteiger partial charge in [0.05, 0.1) is 6.04 Å². The first-order chi connectivity index (χ1) is 12.3. The Kier molecular flexibility index (Phi) is 5.10. The summed E-state index contributed by atoms with van der Waals surface area (Å²) in [4.78, 5) is 43.3. The van der Waals surface area contributed by atoms with E-state index in [0.717, 1.165) is 20.5 Å². The van der Waals surface area contributed by atoms with Crippen molar-refractivity contribution in [3.05, 3.63) is 38.5 Å². The minimum Gasteiger partial charge on any atom is -0.345 e. The SMILES string of the molecule is Cc1csc(C(Cc2cccs2)NC(=O)CN2C(=O)NC(C)(C)C2=O)n1. The molecule has 138 valence electrons. The normalized spacial score (nSPS) is 17.3. The number of amides is 4. The molecule has 26 heavy (non-hydrogen) atoms. The molecule has 1 atom stereocenters. The molecule has 1 unspecified atom stereocenters. The van der Waals surface area contributed by atoms with Gasteiger partial charge in [-0.3, -0.25) is 14.5 Å². The van der Waals surface area contributed by atoms with Gasteiger partial charge in [0.2, 0.25) is 5.91 Å². The Hall–Kier alpha value is -2.26. The van der Waals surface area contributed by atoms with Crippen LogP contribution in [0.3, 0.4) is 0 Å². The maximum atomic E-state index is 12.5. The zero-order valence-electron chi connectivity index (χ0n) is 14.7. The van der Waals surface area contributed by atoms with Crippen molar-refractivity contribution < 1.29 is 14.4 Å². The Balaban J connectivity index is 1.71. The molecule has 1 aliphatic rings. The van der Waals surface area contributed by atoms with Gasteiger partial charge < -0.3 is 10.6 Å². The first-order valence-corrected chi connectivity index (χ1v) is 9.90. The second-order valence-corrected chi connectivity index (χ2v) is 8.60. The van der Waals surface area contributed by atoms with Crippen molar-refractivity contribution in [2.75, 3.05) is 6.54 Å². The van der Waals surface area contributed by atoms with Crippen LogP contribution < -0.4 is 10.6 Å². The summed E-state index contributed by atoms with van der Waals surface area (Å²) in [5, 5.41) is 10.2. The molecule has 4 amide bonds. The van der Waals surface area contributed by atoms with Gasteiger partial charge in [0.25, 0.3) is 5.91 Å². The van der Waals surface area contributed by atoms with Gasteiger partial charge in [-0.15, -0.1) is 22.7 Å². The van der Waals surface area contributed by atoms with Crippen LogP contribution in [0.4, 0.5) is 4.79 Å². The van der Waals surface area contributed by atoms with Crippen molar-refractivity contribution in [2.45, 2.75) is 38.8 Å². The third kappa shape index (κ3) is 3.94. The molecule has 0 aliphatic carbocycles. The van der Waals surface area contributed by atoms with Crippen molar-refractivity contribution in [1.82, 2.24) is 20.5 Å². The molecule has 0 aromatic carbocycles. The second-order valence-electron chi connectivity index (χ2n) is 6.68. The van der Waals surface area contributed by atoms with Crippen LogP contribution in [0.2, 0.25) is 0 Å². The summed E-state index contributed by atoms with van der Waals surface area (Å²) in [6.45, 7) is 4.82. The van der Waals surface area contributed by atoms with Crippen LogP contribution in [0, 0.1) is 6.92 Å². The predicted octanol–water partition coefficient (Wildman–Crippen LogP) is 2.24. The summed E-state index contributed by atoms with van der Waals surface area (Å²) < 4.78 is 0. The molecule has 3 rings (SSSR count). The second kappa shape index (κ2) is 7.16. The summed E-state index contributed by atoms with van der Waals surface area (Å²) in [5.41, 5.74) is -0.0913. The Bertz CT molecular complexity index is 829. The van der Waals surface area contributed by atoms with E-state index in [1.54, 1.807) is 25.2 Å². The Morgan fingerprint density at radius 2 is 2.15 bits per heavy atom. The van der Waals surface area contributed by atoms with E-state index in [1.165, 1.54) is 11.3 Å². The molecule has 0 bridgehead atoms. The van der Waals surface area contributed by atoms with Crippen LogP contribution in [-0.4, -0.2) is 39.8 Å². The summed E-state index contributed by atoms with van der Waals surface area (Å²) >= 11 is 3.09. The molecule has 1 saturated heterocycles. The van der Waals surface area contributed by atoms with E-state index in [9.17, 15) is 14.4 Å². The largest absolute Gasteiger partial charge is 0.345 e. The highest BCUT2D eigenvalue weighted by Gasteiger charge is 2.45. The van der Waals surface area contributed by atoms with E-state index in [-0.39, 0.29) is 18.5 Å². The third-order valence-electron chi connectivity index (χ3n) is 4.00. The standard InChI is InChI=1S/C17H20N4O3S2/c1-10-9-26-14(18-10)12(7-11-5-4-6-25-11)19-13(22)8-21-15(23)17(2,3)20-16(21)24/h4-6,9,12H,7-8H2,1-3H3,(H,19,22)(H,20,24). The van der Waals surface area contributed by atoms with Crippen LogP contribution in [0.5, 0.6) is 0 Å². The quantitative estimate of drug-likeness (QED) is 0.738. The topological polar surface area (TPSA) is 91.4 Å².